The van der Waals surface area contributed by atoms with Gasteiger partial charge >= 0.3 is 0 Å². The van der Waals surface area contributed by atoms with Crippen LogP contribution in [-0.2, 0) is 10.8 Å². The molecule has 0 radical (unpaired) electrons. The van der Waals surface area contributed by atoms with E-state index < -0.39 is 10.8 Å². The second-order valence-electron chi connectivity index (χ2n) is 4.56. The average molecular weight is 302 g/mol. The van der Waals surface area contributed by atoms with Crippen molar-refractivity contribution < 1.29 is 4.21 Å². The van der Waals surface area contributed by atoms with Crippen molar-refractivity contribution in [1.29, 1.82) is 0 Å². The zero-order valence-corrected chi connectivity index (χ0v) is 12.6. The Balaban J connectivity index is 1.96. The molecule has 0 spiro atoms. The summed E-state index contributed by atoms with van der Waals surface area (Å²) in [5.41, 5.74) is 8.38. The standard InChI is InChI=1S/C15H14N2OS2/c1-10(11-5-3-2-4-6-11)20(18)15-17-13-8-7-12(16)9-14(13)19-15/h2-10H,16H2,1H3. The van der Waals surface area contributed by atoms with Crippen molar-refractivity contribution in [2.75, 3.05) is 5.73 Å². The summed E-state index contributed by atoms with van der Waals surface area (Å²) in [6.45, 7) is 1.96. The van der Waals surface area contributed by atoms with Gasteiger partial charge in [-0.05, 0) is 30.7 Å². The van der Waals surface area contributed by atoms with Crippen LogP contribution in [0.4, 0.5) is 5.69 Å². The van der Waals surface area contributed by atoms with Gasteiger partial charge < -0.3 is 5.73 Å². The number of aromatic nitrogens is 1. The third-order valence-corrected chi connectivity index (χ3v) is 6.06. The largest absolute Gasteiger partial charge is 0.399 e. The van der Waals surface area contributed by atoms with E-state index >= 15 is 0 Å². The molecule has 2 unspecified atom stereocenters. The van der Waals surface area contributed by atoms with E-state index in [0.29, 0.717) is 10.0 Å². The number of thiazole rings is 1. The van der Waals surface area contributed by atoms with Gasteiger partial charge in [0, 0.05) is 5.69 Å². The highest BCUT2D eigenvalue weighted by Gasteiger charge is 2.19. The van der Waals surface area contributed by atoms with E-state index in [1.807, 2.05) is 55.5 Å². The maximum atomic E-state index is 12.6. The first-order chi connectivity index (χ1) is 9.65. The Morgan fingerprint density at radius 1 is 1.20 bits per heavy atom. The number of nitrogen functional groups attached to an aromatic ring is 1. The van der Waals surface area contributed by atoms with Gasteiger partial charge in [-0.25, -0.2) is 4.98 Å². The first-order valence-electron chi connectivity index (χ1n) is 6.27. The number of anilines is 1. The number of hydrogen-bond donors (Lipinski definition) is 1. The Morgan fingerprint density at radius 2 is 1.95 bits per heavy atom. The number of fused-ring (bicyclic) bond motifs is 1. The van der Waals surface area contributed by atoms with Crippen LogP contribution in [0.5, 0.6) is 0 Å². The fourth-order valence-electron chi connectivity index (χ4n) is 2.00. The molecule has 1 heterocycles. The Labute approximate surface area is 123 Å². The van der Waals surface area contributed by atoms with Crippen molar-refractivity contribution in [2.24, 2.45) is 0 Å². The summed E-state index contributed by atoms with van der Waals surface area (Å²) in [6.07, 6.45) is 0. The molecule has 3 nitrogen and oxygen atoms in total. The predicted molar refractivity (Wildman–Crippen MR) is 85.3 cm³/mol. The summed E-state index contributed by atoms with van der Waals surface area (Å²) in [6, 6.07) is 15.4. The molecule has 2 atom stereocenters. The van der Waals surface area contributed by atoms with Crippen molar-refractivity contribution in [3.63, 3.8) is 0 Å². The highest BCUT2D eigenvalue weighted by atomic mass is 32.2. The van der Waals surface area contributed by atoms with Crippen LogP contribution in [0, 0.1) is 0 Å². The smallest absolute Gasteiger partial charge is 0.182 e. The minimum Gasteiger partial charge on any atom is -0.399 e. The Morgan fingerprint density at radius 3 is 2.70 bits per heavy atom. The predicted octanol–water partition coefficient (Wildman–Crippen LogP) is 3.75. The molecule has 0 aliphatic heterocycles. The summed E-state index contributed by atoms with van der Waals surface area (Å²) < 4.78 is 14.3. The molecule has 2 aromatic carbocycles. The number of nitrogens with two attached hydrogens (primary N) is 1. The Hall–Kier alpha value is -1.72. The lowest BCUT2D eigenvalue weighted by Crippen LogP contribution is -2.02. The molecule has 0 amide bonds. The van der Waals surface area contributed by atoms with Crippen LogP contribution >= 0.6 is 11.3 Å². The van der Waals surface area contributed by atoms with Gasteiger partial charge in [0.05, 0.1) is 26.3 Å². The van der Waals surface area contributed by atoms with Gasteiger partial charge in [0.2, 0.25) is 0 Å². The SMILES string of the molecule is CC(c1ccccc1)S(=O)c1nc2ccc(N)cc2s1. The van der Waals surface area contributed by atoms with E-state index in [-0.39, 0.29) is 5.25 Å². The summed E-state index contributed by atoms with van der Waals surface area (Å²) in [4.78, 5) is 4.46. The van der Waals surface area contributed by atoms with E-state index in [1.165, 1.54) is 11.3 Å². The van der Waals surface area contributed by atoms with E-state index in [0.717, 1.165) is 15.8 Å². The van der Waals surface area contributed by atoms with Crippen molar-refractivity contribution >= 4 is 38.0 Å². The van der Waals surface area contributed by atoms with Crippen molar-refractivity contribution in [3.05, 3.63) is 54.1 Å². The molecule has 0 aliphatic rings. The van der Waals surface area contributed by atoms with Gasteiger partial charge in [0.25, 0.3) is 0 Å². The minimum atomic E-state index is -1.15. The number of benzene rings is 2. The van der Waals surface area contributed by atoms with Gasteiger partial charge in [-0.15, -0.1) is 11.3 Å². The Kier molecular flexibility index (Phi) is 3.54. The van der Waals surface area contributed by atoms with E-state index in [4.69, 9.17) is 5.73 Å². The van der Waals surface area contributed by atoms with Gasteiger partial charge in [-0.2, -0.15) is 0 Å². The molecule has 0 aliphatic carbocycles. The monoisotopic (exact) mass is 302 g/mol. The normalized spacial score (nSPS) is 14.2. The van der Waals surface area contributed by atoms with Crippen LogP contribution in [0.2, 0.25) is 0 Å². The molecule has 2 N–H and O–H groups in total. The average Bonchev–Trinajstić information content (AvgIpc) is 2.89. The second-order valence-corrected chi connectivity index (χ2v) is 7.53. The van der Waals surface area contributed by atoms with Crippen LogP contribution in [-0.4, -0.2) is 9.19 Å². The molecule has 20 heavy (non-hydrogen) atoms. The summed E-state index contributed by atoms with van der Waals surface area (Å²) in [5.74, 6) is 0. The first-order valence-corrected chi connectivity index (χ1v) is 8.29. The number of hydrogen-bond acceptors (Lipinski definition) is 4. The van der Waals surface area contributed by atoms with Crippen LogP contribution < -0.4 is 5.73 Å². The third-order valence-electron chi connectivity index (χ3n) is 3.16. The van der Waals surface area contributed by atoms with E-state index in [9.17, 15) is 4.21 Å². The topological polar surface area (TPSA) is 56.0 Å². The molecule has 0 saturated carbocycles. The summed E-state index contributed by atoms with van der Waals surface area (Å²) >= 11 is 1.45. The summed E-state index contributed by atoms with van der Waals surface area (Å²) in [7, 11) is -1.15. The minimum absolute atomic E-state index is 0.0749. The van der Waals surface area contributed by atoms with Gasteiger partial charge in [-0.3, -0.25) is 4.21 Å². The molecule has 1 aromatic heterocycles. The van der Waals surface area contributed by atoms with Crippen LogP contribution in [0.3, 0.4) is 0 Å². The molecule has 3 aromatic rings. The molecule has 3 rings (SSSR count). The number of rotatable bonds is 3. The van der Waals surface area contributed by atoms with Crippen LogP contribution in [0.15, 0.2) is 52.9 Å². The Bertz CT molecular complexity index is 768. The van der Waals surface area contributed by atoms with Crippen molar-refractivity contribution in [3.8, 4) is 0 Å². The second kappa shape index (κ2) is 5.34. The van der Waals surface area contributed by atoms with Gasteiger partial charge in [0.1, 0.15) is 0 Å². The quantitative estimate of drug-likeness (QED) is 0.750. The molecule has 0 bridgehead atoms. The fourth-order valence-corrected chi connectivity index (χ4v) is 4.68. The maximum Gasteiger partial charge on any atom is 0.182 e. The van der Waals surface area contributed by atoms with Crippen LogP contribution in [0.1, 0.15) is 17.7 Å². The number of nitrogens with zero attached hydrogens (tertiary/aromatic N) is 1. The lowest BCUT2D eigenvalue weighted by atomic mass is 10.2. The third kappa shape index (κ3) is 2.46. The van der Waals surface area contributed by atoms with E-state index in [1.54, 1.807) is 0 Å². The molecule has 5 heteroatoms. The van der Waals surface area contributed by atoms with Crippen molar-refractivity contribution in [2.45, 2.75) is 16.5 Å². The maximum absolute atomic E-state index is 12.6. The first kappa shape index (κ1) is 13.3. The molecule has 0 fully saturated rings. The van der Waals surface area contributed by atoms with Crippen molar-refractivity contribution in [1.82, 2.24) is 4.98 Å². The molecular weight excluding hydrogens is 288 g/mol. The summed E-state index contributed by atoms with van der Waals surface area (Å²) in [5, 5.41) is -0.0749. The molecule has 0 saturated heterocycles. The lowest BCUT2D eigenvalue weighted by Gasteiger charge is -2.09. The fraction of sp³-hybridized carbons (Fsp3) is 0.133. The molecule has 102 valence electrons. The zero-order valence-electron chi connectivity index (χ0n) is 10.9. The van der Waals surface area contributed by atoms with Gasteiger partial charge in [-0.1, -0.05) is 30.3 Å². The lowest BCUT2D eigenvalue weighted by molar-refractivity contribution is 0.675. The van der Waals surface area contributed by atoms with Gasteiger partial charge in [0.15, 0.2) is 4.34 Å². The molecular formula is C15H14N2OS2. The van der Waals surface area contributed by atoms with E-state index in [2.05, 4.69) is 4.98 Å². The zero-order chi connectivity index (χ0) is 14.1. The van der Waals surface area contributed by atoms with Crippen LogP contribution in [0.25, 0.3) is 10.2 Å². The highest BCUT2D eigenvalue weighted by molar-refractivity contribution is 7.87. The highest BCUT2D eigenvalue weighted by Crippen LogP contribution is 2.31.